The lowest BCUT2D eigenvalue weighted by molar-refractivity contribution is 0.680. The highest BCUT2D eigenvalue weighted by Gasteiger charge is 2.16. The number of fused-ring (bicyclic) bond motifs is 3. The van der Waals surface area contributed by atoms with Gasteiger partial charge >= 0.3 is 0 Å². The van der Waals surface area contributed by atoms with E-state index in [0.29, 0.717) is 0 Å². The fourth-order valence-corrected chi connectivity index (χ4v) is 2.74. The molecule has 0 saturated heterocycles. The van der Waals surface area contributed by atoms with Crippen molar-refractivity contribution in [3.05, 3.63) is 34.5 Å². The minimum Gasteiger partial charge on any atom is -0.358 e. The first kappa shape index (κ1) is 9.47. The molecule has 0 unspecified atom stereocenters. The van der Waals surface area contributed by atoms with E-state index in [2.05, 4.69) is 17.1 Å². The van der Waals surface area contributed by atoms with E-state index in [-0.39, 0.29) is 0 Å². The highest BCUT2D eigenvalue weighted by molar-refractivity contribution is 5.89. The standard InChI is InChI=1S/C14H14N2/c1-9-10(8-15)6-7-12-11-4-2-3-5-13(11)16-14(9)12/h6-7,16H,2-5H2,1H3. The van der Waals surface area contributed by atoms with E-state index < -0.39 is 0 Å². The van der Waals surface area contributed by atoms with Gasteiger partial charge in [-0.3, -0.25) is 0 Å². The predicted octanol–water partition coefficient (Wildman–Crippen LogP) is 3.23. The number of nitrogens with zero attached hydrogens (tertiary/aromatic N) is 1. The molecule has 1 aliphatic rings. The maximum Gasteiger partial charge on any atom is 0.0995 e. The molecule has 1 aromatic carbocycles. The summed E-state index contributed by atoms with van der Waals surface area (Å²) in [5.41, 5.74) is 5.92. The molecule has 3 rings (SSSR count). The summed E-state index contributed by atoms with van der Waals surface area (Å²) in [5.74, 6) is 0. The number of nitrogens with one attached hydrogen (secondary N) is 1. The van der Waals surface area contributed by atoms with Gasteiger partial charge in [-0.1, -0.05) is 6.07 Å². The summed E-state index contributed by atoms with van der Waals surface area (Å²) in [6.07, 6.45) is 4.91. The van der Waals surface area contributed by atoms with Crippen LogP contribution in [-0.4, -0.2) is 4.98 Å². The molecule has 0 fully saturated rings. The Balaban J connectivity index is 2.35. The second-order valence-corrected chi connectivity index (χ2v) is 4.56. The van der Waals surface area contributed by atoms with Crippen LogP contribution >= 0.6 is 0 Å². The van der Waals surface area contributed by atoms with Crippen molar-refractivity contribution >= 4 is 10.9 Å². The van der Waals surface area contributed by atoms with Gasteiger partial charge in [0.15, 0.2) is 0 Å². The molecule has 0 aliphatic heterocycles. The lowest BCUT2D eigenvalue weighted by Crippen LogP contribution is -1.99. The molecule has 2 aromatic rings. The molecule has 1 aromatic heterocycles. The summed E-state index contributed by atoms with van der Waals surface area (Å²) in [7, 11) is 0. The van der Waals surface area contributed by atoms with Gasteiger partial charge in [0.2, 0.25) is 0 Å². The Hall–Kier alpha value is -1.75. The Kier molecular flexibility index (Phi) is 2.00. The maximum absolute atomic E-state index is 9.02. The average molecular weight is 210 g/mol. The van der Waals surface area contributed by atoms with E-state index in [1.54, 1.807) is 0 Å². The summed E-state index contributed by atoms with van der Waals surface area (Å²) >= 11 is 0. The van der Waals surface area contributed by atoms with Crippen molar-refractivity contribution in [3.63, 3.8) is 0 Å². The number of rotatable bonds is 0. The molecule has 2 heteroatoms. The molecule has 0 radical (unpaired) electrons. The number of benzene rings is 1. The molecule has 80 valence electrons. The number of hydrogen-bond acceptors (Lipinski definition) is 1. The van der Waals surface area contributed by atoms with Gasteiger partial charge < -0.3 is 4.98 Å². The summed E-state index contributed by atoms with van der Waals surface area (Å²) < 4.78 is 0. The summed E-state index contributed by atoms with van der Waals surface area (Å²) in [6.45, 7) is 2.03. The normalized spacial score (nSPS) is 14.8. The Morgan fingerprint density at radius 2 is 2.06 bits per heavy atom. The fraction of sp³-hybridized carbons (Fsp3) is 0.357. The van der Waals surface area contributed by atoms with Crippen molar-refractivity contribution in [3.8, 4) is 6.07 Å². The lowest BCUT2D eigenvalue weighted by atomic mass is 9.95. The minimum atomic E-state index is 0.783. The van der Waals surface area contributed by atoms with Crippen LogP contribution < -0.4 is 0 Å². The van der Waals surface area contributed by atoms with E-state index >= 15 is 0 Å². The van der Waals surface area contributed by atoms with Crippen molar-refractivity contribution in [2.75, 3.05) is 0 Å². The molecule has 16 heavy (non-hydrogen) atoms. The molecule has 1 heterocycles. The highest BCUT2D eigenvalue weighted by Crippen LogP contribution is 2.31. The molecular weight excluding hydrogens is 196 g/mol. The molecule has 2 nitrogen and oxygen atoms in total. The number of aromatic amines is 1. The fourth-order valence-electron chi connectivity index (χ4n) is 2.74. The van der Waals surface area contributed by atoms with Crippen LogP contribution in [0, 0.1) is 18.3 Å². The molecule has 1 aliphatic carbocycles. The topological polar surface area (TPSA) is 39.6 Å². The minimum absolute atomic E-state index is 0.783. The molecule has 0 amide bonds. The molecule has 0 spiro atoms. The second-order valence-electron chi connectivity index (χ2n) is 4.56. The molecular formula is C14H14N2. The van der Waals surface area contributed by atoms with Crippen LogP contribution in [0.5, 0.6) is 0 Å². The largest absolute Gasteiger partial charge is 0.358 e. The number of aryl methyl sites for hydroxylation is 3. The van der Waals surface area contributed by atoms with Gasteiger partial charge in [-0.25, -0.2) is 0 Å². The first-order chi connectivity index (χ1) is 7.81. The van der Waals surface area contributed by atoms with Crippen LogP contribution in [0.25, 0.3) is 10.9 Å². The zero-order valence-corrected chi connectivity index (χ0v) is 9.43. The van der Waals surface area contributed by atoms with E-state index in [4.69, 9.17) is 5.26 Å². The Morgan fingerprint density at radius 1 is 1.25 bits per heavy atom. The van der Waals surface area contributed by atoms with Crippen molar-refractivity contribution in [2.24, 2.45) is 0 Å². The number of nitriles is 1. The summed E-state index contributed by atoms with van der Waals surface area (Å²) in [6, 6.07) is 6.29. The third kappa shape index (κ3) is 1.18. The van der Waals surface area contributed by atoms with Crippen LogP contribution in [0.15, 0.2) is 12.1 Å². The van der Waals surface area contributed by atoms with Crippen LogP contribution in [0.3, 0.4) is 0 Å². The Bertz CT molecular complexity index is 599. The number of hydrogen-bond donors (Lipinski definition) is 1. The Labute approximate surface area is 94.9 Å². The average Bonchev–Trinajstić information content (AvgIpc) is 2.69. The van der Waals surface area contributed by atoms with Crippen LogP contribution in [-0.2, 0) is 12.8 Å². The number of aromatic nitrogens is 1. The summed E-state index contributed by atoms with van der Waals surface area (Å²) in [4.78, 5) is 3.51. The third-order valence-electron chi connectivity index (χ3n) is 3.65. The zero-order valence-electron chi connectivity index (χ0n) is 9.43. The van der Waals surface area contributed by atoms with E-state index in [9.17, 15) is 0 Å². The van der Waals surface area contributed by atoms with Gasteiger partial charge in [-0.2, -0.15) is 5.26 Å². The van der Waals surface area contributed by atoms with Gasteiger partial charge in [0, 0.05) is 11.1 Å². The second kappa shape index (κ2) is 3.38. The van der Waals surface area contributed by atoms with Gasteiger partial charge in [0.25, 0.3) is 0 Å². The van der Waals surface area contributed by atoms with Gasteiger partial charge in [-0.15, -0.1) is 0 Å². The van der Waals surface area contributed by atoms with Gasteiger partial charge in [0.1, 0.15) is 0 Å². The summed E-state index contributed by atoms with van der Waals surface area (Å²) in [5, 5.41) is 10.3. The van der Waals surface area contributed by atoms with Crippen LogP contribution in [0.1, 0.15) is 35.2 Å². The molecule has 0 saturated carbocycles. The van der Waals surface area contributed by atoms with Crippen molar-refractivity contribution in [1.82, 2.24) is 4.98 Å². The predicted molar refractivity (Wildman–Crippen MR) is 64.4 cm³/mol. The van der Waals surface area contributed by atoms with Gasteiger partial charge in [0.05, 0.1) is 17.1 Å². The van der Waals surface area contributed by atoms with E-state index in [0.717, 1.165) is 17.5 Å². The van der Waals surface area contributed by atoms with Gasteiger partial charge in [-0.05, 0) is 49.8 Å². The third-order valence-corrected chi connectivity index (χ3v) is 3.65. The zero-order chi connectivity index (χ0) is 11.1. The van der Waals surface area contributed by atoms with E-state index in [1.165, 1.54) is 41.4 Å². The van der Waals surface area contributed by atoms with Crippen molar-refractivity contribution in [1.29, 1.82) is 5.26 Å². The first-order valence-corrected chi connectivity index (χ1v) is 5.84. The smallest absolute Gasteiger partial charge is 0.0995 e. The Morgan fingerprint density at radius 3 is 2.88 bits per heavy atom. The lowest BCUT2D eigenvalue weighted by Gasteiger charge is -2.10. The van der Waals surface area contributed by atoms with E-state index in [1.807, 2.05) is 13.0 Å². The van der Waals surface area contributed by atoms with Crippen LogP contribution in [0.4, 0.5) is 0 Å². The molecule has 1 N–H and O–H groups in total. The number of H-pyrrole nitrogens is 1. The SMILES string of the molecule is Cc1c(C#N)ccc2c3c([nH]c12)CCCC3. The quantitative estimate of drug-likeness (QED) is 0.712. The maximum atomic E-state index is 9.02. The molecule has 0 bridgehead atoms. The monoisotopic (exact) mass is 210 g/mol. The van der Waals surface area contributed by atoms with Crippen molar-refractivity contribution in [2.45, 2.75) is 32.6 Å². The highest BCUT2D eigenvalue weighted by atomic mass is 14.7. The first-order valence-electron chi connectivity index (χ1n) is 5.84. The van der Waals surface area contributed by atoms with Crippen LogP contribution in [0.2, 0.25) is 0 Å². The molecule has 0 atom stereocenters. The van der Waals surface area contributed by atoms with Crippen molar-refractivity contribution < 1.29 is 0 Å².